The molecular formula is C9H10ClFO2S. The van der Waals surface area contributed by atoms with Gasteiger partial charge in [0.1, 0.15) is 11.6 Å². The average molecular weight is 237 g/mol. The summed E-state index contributed by atoms with van der Waals surface area (Å²) in [7, 11) is 1.51. The van der Waals surface area contributed by atoms with E-state index in [1.165, 1.54) is 31.0 Å². The van der Waals surface area contributed by atoms with E-state index in [9.17, 15) is 4.39 Å². The van der Waals surface area contributed by atoms with Crippen molar-refractivity contribution < 1.29 is 13.9 Å². The van der Waals surface area contributed by atoms with Crippen LogP contribution in [0.15, 0.2) is 17.0 Å². The molecule has 0 bridgehead atoms. The number of hydrogen-bond donors (Lipinski definition) is 0. The molecule has 0 heterocycles. The number of rotatable bonds is 4. The Morgan fingerprint density at radius 3 is 2.79 bits per heavy atom. The Labute approximate surface area is 91.3 Å². The zero-order chi connectivity index (χ0) is 10.6. The van der Waals surface area contributed by atoms with Crippen LogP contribution in [-0.2, 0) is 4.74 Å². The van der Waals surface area contributed by atoms with Crippen LogP contribution in [0.25, 0.3) is 0 Å². The first-order valence-corrected chi connectivity index (χ1v) is 5.44. The van der Waals surface area contributed by atoms with Crippen LogP contribution in [-0.4, -0.2) is 20.2 Å². The van der Waals surface area contributed by atoms with Gasteiger partial charge in [0.25, 0.3) is 0 Å². The van der Waals surface area contributed by atoms with E-state index in [1.807, 2.05) is 0 Å². The highest BCUT2D eigenvalue weighted by atomic mass is 35.5. The predicted octanol–water partition coefficient (Wildman–Crippen LogP) is 3.18. The molecule has 1 aromatic rings. The summed E-state index contributed by atoms with van der Waals surface area (Å²) in [5.41, 5.74) is 0. The Morgan fingerprint density at radius 2 is 2.21 bits per heavy atom. The molecular weight excluding hydrogens is 227 g/mol. The molecule has 78 valence electrons. The molecule has 0 aromatic heterocycles. The summed E-state index contributed by atoms with van der Waals surface area (Å²) in [6, 6.07) is 2.80. The zero-order valence-corrected chi connectivity index (χ0v) is 9.41. The highest BCUT2D eigenvalue weighted by Crippen LogP contribution is 2.35. The maximum absolute atomic E-state index is 13.2. The molecule has 0 atom stereocenters. The molecule has 0 amide bonds. The lowest BCUT2D eigenvalue weighted by molar-refractivity contribution is 0.0509. The smallest absolute Gasteiger partial charge is 0.188 e. The molecule has 0 unspecified atom stereocenters. The summed E-state index contributed by atoms with van der Waals surface area (Å²) in [6.45, 7) is 0.0964. The second-order valence-electron chi connectivity index (χ2n) is 2.44. The molecule has 14 heavy (non-hydrogen) atoms. The van der Waals surface area contributed by atoms with E-state index in [1.54, 1.807) is 6.26 Å². The zero-order valence-electron chi connectivity index (χ0n) is 7.84. The Bertz CT molecular complexity index is 320. The molecule has 0 aliphatic rings. The van der Waals surface area contributed by atoms with Crippen molar-refractivity contribution in [3.05, 3.63) is 23.0 Å². The van der Waals surface area contributed by atoms with Crippen molar-refractivity contribution >= 4 is 23.4 Å². The SMILES string of the molecule is COCOc1ccc(F)c(SC)c1Cl. The first kappa shape index (κ1) is 11.6. The standard InChI is InChI=1S/C9H10ClFO2S/c1-12-5-13-7-4-3-6(11)9(14-2)8(7)10/h3-4H,5H2,1-2H3. The topological polar surface area (TPSA) is 18.5 Å². The summed E-state index contributed by atoms with van der Waals surface area (Å²) >= 11 is 7.15. The van der Waals surface area contributed by atoms with E-state index in [4.69, 9.17) is 21.1 Å². The third-order valence-electron chi connectivity index (χ3n) is 1.55. The lowest BCUT2D eigenvalue weighted by Crippen LogP contribution is -2.00. The molecule has 0 aliphatic carbocycles. The second kappa shape index (κ2) is 5.44. The third-order valence-corrected chi connectivity index (χ3v) is 2.84. The number of methoxy groups -OCH3 is 1. The minimum absolute atomic E-state index is 0.0964. The van der Waals surface area contributed by atoms with Gasteiger partial charge in [-0.25, -0.2) is 4.39 Å². The largest absolute Gasteiger partial charge is 0.466 e. The van der Waals surface area contributed by atoms with Gasteiger partial charge in [0.2, 0.25) is 0 Å². The molecule has 0 spiro atoms. The second-order valence-corrected chi connectivity index (χ2v) is 3.64. The monoisotopic (exact) mass is 236 g/mol. The van der Waals surface area contributed by atoms with Gasteiger partial charge in [-0.05, 0) is 18.4 Å². The van der Waals surface area contributed by atoms with Crippen LogP contribution in [0.4, 0.5) is 4.39 Å². The molecule has 0 aliphatic heterocycles. The minimum Gasteiger partial charge on any atom is -0.466 e. The number of hydrogen-bond acceptors (Lipinski definition) is 3. The van der Waals surface area contributed by atoms with Crippen molar-refractivity contribution in [3.63, 3.8) is 0 Å². The maximum Gasteiger partial charge on any atom is 0.188 e. The molecule has 0 radical (unpaired) electrons. The van der Waals surface area contributed by atoms with Crippen molar-refractivity contribution in [2.24, 2.45) is 0 Å². The molecule has 0 saturated heterocycles. The quantitative estimate of drug-likeness (QED) is 0.591. The normalized spacial score (nSPS) is 10.3. The fraction of sp³-hybridized carbons (Fsp3) is 0.333. The van der Waals surface area contributed by atoms with Crippen LogP contribution in [0, 0.1) is 5.82 Å². The third kappa shape index (κ3) is 2.53. The predicted molar refractivity (Wildman–Crippen MR) is 55.7 cm³/mol. The molecule has 0 N–H and O–H groups in total. The van der Waals surface area contributed by atoms with Crippen LogP contribution in [0.1, 0.15) is 0 Å². The van der Waals surface area contributed by atoms with E-state index in [0.717, 1.165) is 0 Å². The van der Waals surface area contributed by atoms with Crippen LogP contribution >= 0.6 is 23.4 Å². The van der Waals surface area contributed by atoms with Gasteiger partial charge in [-0.2, -0.15) is 0 Å². The van der Waals surface area contributed by atoms with Crippen LogP contribution < -0.4 is 4.74 Å². The number of thioether (sulfide) groups is 1. The molecule has 0 saturated carbocycles. The van der Waals surface area contributed by atoms with Crippen LogP contribution in [0.5, 0.6) is 5.75 Å². The summed E-state index contributed by atoms with van der Waals surface area (Å²) in [5.74, 6) is 0.0894. The average Bonchev–Trinajstić information content (AvgIpc) is 2.18. The van der Waals surface area contributed by atoms with Crippen LogP contribution in [0.3, 0.4) is 0 Å². The summed E-state index contributed by atoms with van der Waals surface area (Å²) < 4.78 is 23.0. The Kier molecular flexibility index (Phi) is 4.51. The van der Waals surface area contributed by atoms with Gasteiger partial charge in [0, 0.05) is 7.11 Å². The summed E-state index contributed by atoms with van der Waals surface area (Å²) in [6.07, 6.45) is 1.75. The van der Waals surface area contributed by atoms with E-state index >= 15 is 0 Å². The number of halogens is 2. The van der Waals surface area contributed by atoms with E-state index in [-0.39, 0.29) is 17.6 Å². The Balaban J connectivity index is 2.96. The van der Waals surface area contributed by atoms with Crippen molar-refractivity contribution in [2.45, 2.75) is 4.90 Å². The van der Waals surface area contributed by atoms with Crippen LogP contribution in [0.2, 0.25) is 5.02 Å². The molecule has 5 heteroatoms. The van der Waals surface area contributed by atoms with Gasteiger partial charge in [-0.1, -0.05) is 11.6 Å². The van der Waals surface area contributed by atoms with Gasteiger partial charge in [-0.15, -0.1) is 11.8 Å². The van der Waals surface area contributed by atoms with Gasteiger partial charge in [0.05, 0.1) is 9.92 Å². The summed E-state index contributed by atoms with van der Waals surface area (Å²) in [5, 5.41) is 0.287. The molecule has 0 fully saturated rings. The van der Waals surface area contributed by atoms with Crippen molar-refractivity contribution in [3.8, 4) is 5.75 Å². The molecule has 1 rings (SSSR count). The maximum atomic E-state index is 13.2. The van der Waals surface area contributed by atoms with Crippen molar-refractivity contribution in [1.82, 2.24) is 0 Å². The number of benzene rings is 1. The van der Waals surface area contributed by atoms with Gasteiger partial charge in [-0.3, -0.25) is 0 Å². The first-order chi connectivity index (χ1) is 6.70. The van der Waals surface area contributed by atoms with E-state index in [2.05, 4.69) is 0 Å². The lowest BCUT2D eigenvalue weighted by Gasteiger charge is -2.09. The highest BCUT2D eigenvalue weighted by molar-refractivity contribution is 7.98. The number of ether oxygens (including phenoxy) is 2. The van der Waals surface area contributed by atoms with Gasteiger partial charge >= 0.3 is 0 Å². The molecule has 1 aromatic carbocycles. The highest BCUT2D eigenvalue weighted by Gasteiger charge is 2.11. The lowest BCUT2D eigenvalue weighted by atomic mass is 10.3. The van der Waals surface area contributed by atoms with Gasteiger partial charge in [0.15, 0.2) is 6.79 Å². The van der Waals surface area contributed by atoms with Crippen molar-refractivity contribution in [2.75, 3.05) is 20.2 Å². The van der Waals surface area contributed by atoms with Gasteiger partial charge < -0.3 is 9.47 Å². The summed E-state index contributed by atoms with van der Waals surface area (Å²) in [4.78, 5) is 0.389. The van der Waals surface area contributed by atoms with E-state index in [0.29, 0.717) is 10.6 Å². The Morgan fingerprint density at radius 1 is 1.50 bits per heavy atom. The first-order valence-electron chi connectivity index (χ1n) is 3.84. The minimum atomic E-state index is -0.340. The fourth-order valence-electron chi connectivity index (χ4n) is 0.935. The Hall–Kier alpha value is -0.450. The fourth-order valence-corrected chi connectivity index (χ4v) is 1.92. The van der Waals surface area contributed by atoms with E-state index < -0.39 is 0 Å². The van der Waals surface area contributed by atoms with Crippen molar-refractivity contribution in [1.29, 1.82) is 0 Å². The molecule has 2 nitrogen and oxygen atoms in total.